The van der Waals surface area contributed by atoms with E-state index < -0.39 is 0 Å². The van der Waals surface area contributed by atoms with Crippen molar-refractivity contribution < 1.29 is 0 Å². The molecular formula is C26H22Br2N4S. The largest absolute Gasteiger partial charge is 0.351 e. The van der Waals surface area contributed by atoms with Crippen LogP contribution in [-0.2, 0) is 0 Å². The Morgan fingerprint density at radius 3 is 2.36 bits per heavy atom. The average molecular weight is 582 g/mol. The number of hydrogen-bond acceptors (Lipinski definition) is 2. The second-order valence-corrected chi connectivity index (χ2v) is 10.2. The Kier molecular flexibility index (Phi) is 6.12. The molecule has 0 aliphatic carbocycles. The van der Waals surface area contributed by atoms with Gasteiger partial charge in [-0.05, 0) is 102 Å². The zero-order valence-corrected chi connectivity index (χ0v) is 22.2. The molecule has 1 aliphatic rings. The van der Waals surface area contributed by atoms with Crippen LogP contribution < -0.4 is 10.2 Å². The molecule has 1 aliphatic heterocycles. The maximum atomic E-state index is 5.87. The van der Waals surface area contributed by atoms with Crippen molar-refractivity contribution in [2.24, 2.45) is 0 Å². The lowest BCUT2D eigenvalue weighted by Gasteiger charge is -2.28. The van der Waals surface area contributed by atoms with Gasteiger partial charge in [0.2, 0.25) is 0 Å². The maximum absolute atomic E-state index is 5.87. The zero-order chi connectivity index (χ0) is 23.1. The highest BCUT2D eigenvalue weighted by molar-refractivity contribution is 9.10. The Hall–Kier alpha value is -2.48. The highest BCUT2D eigenvalue weighted by Gasteiger charge is 2.42. The van der Waals surface area contributed by atoms with Crippen molar-refractivity contribution in [3.63, 3.8) is 0 Å². The van der Waals surface area contributed by atoms with Crippen LogP contribution in [0.15, 0.2) is 87.9 Å². The highest BCUT2D eigenvalue weighted by atomic mass is 79.9. The summed E-state index contributed by atoms with van der Waals surface area (Å²) in [6, 6.07) is 24.8. The molecule has 166 valence electrons. The number of aryl methyl sites for hydroxylation is 1. The summed E-state index contributed by atoms with van der Waals surface area (Å²) in [5, 5.41) is 4.25. The Morgan fingerprint density at radius 1 is 0.939 bits per heavy atom. The molecule has 2 atom stereocenters. The van der Waals surface area contributed by atoms with E-state index in [-0.39, 0.29) is 12.1 Å². The normalized spacial score (nSPS) is 17.9. The minimum Gasteiger partial charge on any atom is -0.351 e. The number of anilines is 1. The molecule has 4 aromatic rings. The third kappa shape index (κ3) is 4.03. The lowest BCUT2D eigenvalue weighted by atomic mass is 9.96. The second-order valence-electron chi connectivity index (χ2n) is 8.09. The first-order valence-corrected chi connectivity index (χ1v) is 12.6. The molecular weight excluding hydrogens is 560 g/mol. The van der Waals surface area contributed by atoms with Crippen molar-refractivity contribution in [2.75, 3.05) is 4.90 Å². The first-order valence-electron chi connectivity index (χ1n) is 10.7. The van der Waals surface area contributed by atoms with Crippen LogP contribution in [0.25, 0.3) is 5.69 Å². The van der Waals surface area contributed by atoms with Gasteiger partial charge in [0.25, 0.3) is 0 Å². The van der Waals surface area contributed by atoms with Crippen LogP contribution in [0.2, 0.25) is 0 Å². The number of para-hydroxylation sites is 1. The number of aromatic nitrogens is 2. The second kappa shape index (κ2) is 9.05. The average Bonchev–Trinajstić information content (AvgIpc) is 3.31. The Balaban J connectivity index is 1.69. The summed E-state index contributed by atoms with van der Waals surface area (Å²) in [6.45, 7) is 4.33. The standard InChI is InChI=1S/C26H22Br2N4S/c1-16-15-20(17(2)31(16)23-9-4-3-7-21(23)28)25-24(22-8-5-6-14-29-22)30-26(33)32(25)19-12-10-18(27)11-13-19/h3-15,24-25H,1-2H3,(H,30,33)/t24-,25-/m0/s1. The van der Waals surface area contributed by atoms with E-state index in [1.807, 2.05) is 36.5 Å². The number of rotatable bonds is 4. The Labute approximate surface area is 215 Å². The van der Waals surface area contributed by atoms with Gasteiger partial charge in [-0.2, -0.15) is 0 Å². The van der Waals surface area contributed by atoms with Crippen molar-refractivity contribution in [1.82, 2.24) is 14.9 Å². The SMILES string of the molecule is Cc1cc([C@H]2[C@H](c3ccccn3)NC(=S)N2c2ccc(Br)cc2)c(C)n1-c1ccccc1Br. The van der Waals surface area contributed by atoms with E-state index in [4.69, 9.17) is 12.2 Å². The number of halogens is 2. The van der Waals surface area contributed by atoms with Crippen molar-refractivity contribution in [1.29, 1.82) is 0 Å². The molecule has 0 spiro atoms. The van der Waals surface area contributed by atoms with E-state index in [0.29, 0.717) is 5.11 Å². The maximum Gasteiger partial charge on any atom is 0.174 e. The fourth-order valence-electron chi connectivity index (χ4n) is 4.64. The zero-order valence-electron chi connectivity index (χ0n) is 18.2. The molecule has 0 amide bonds. The summed E-state index contributed by atoms with van der Waals surface area (Å²) in [5.41, 5.74) is 6.70. The van der Waals surface area contributed by atoms with Crippen LogP contribution in [-0.4, -0.2) is 14.7 Å². The van der Waals surface area contributed by atoms with Gasteiger partial charge in [-0.15, -0.1) is 0 Å². The van der Waals surface area contributed by atoms with Crippen molar-refractivity contribution in [3.05, 3.63) is 111 Å². The molecule has 2 aromatic carbocycles. The number of hydrogen-bond donors (Lipinski definition) is 1. The van der Waals surface area contributed by atoms with E-state index in [9.17, 15) is 0 Å². The molecule has 0 radical (unpaired) electrons. The van der Waals surface area contributed by atoms with Gasteiger partial charge in [-0.1, -0.05) is 34.1 Å². The first kappa shape index (κ1) is 22.3. The van der Waals surface area contributed by atoms with E-state index in [1.54, 1.807) is 0 Å². The molecule has 3 heterocycles. The first-order chi connectivity index (χ1) is 16.0. The molecule has 5 rings (SSSR count). The summed E-state index contributed by atoms with van der Waals surface area (Å²) < 4.78 is 4.40. The Morgan fingerprint density at radius 2 is 1.67 bits per heavy atom. The number of nitrogens with zero attached hydrogens (tertiary/aromatic N) is 3. The molecule has 1 saturated heterocycles. The van der Waals surface area contributed by atoms with Gasteiger partial charge in [0.15, 0.2) is 5.11 Å². The van der Waals surface area contributed by atoms with E-state index in [0.717, 1.165) is 26.0 Å². The van der Waals surface area contributed by atoms with Gasteiger partial charge in [0, 0.05) is 32.2 Å². The van der Waals surface area contributed by atoms with Crippen LogP contribution in [0.5, 0.6) is 0 Å². The lowest BCUT2D eigenvalue weighted by molar-refractivity contribution is 0.565. The lowest BCUT2D eigenvalue weighted by Crippen LogP contribution is -2.29. The summed E-state index contributed by atoms with van der Waals surface area (Å²) in [6.07, 6.45) is 1.84. The highest BCUT2D eigenvalue weighted by Crippen LogP contribution is 2.44. The third-order valence-electron chi connectivity index (χ3n) is 6.09. The van der Waals surface area contributed by atoms with Crippen molar-refractivity contribution >= 4 is 54.9 Å². The fourth-order valence-corrected chi connectivity index (χ4v) is 5.71. The minimum absolute atomic E-state index is 0.0454. The van der Waals surface area contributed by atoms with Gasteiger partial charge in [-0.25, -0.2) is 0 Å². The monoisotopic (exact) mass is 580 g/mol. The summed E-state index contributed by atoms with van der Waals surface area (Å²) in [4.78, 5) is 6.89. The van der Waals surface area contributed by atoms with Gasteiger partial charge in [0.05, 0.1) is 23.5 Å². The number of nitrogens with one attached hydrogen (secondary N) is 1. The molecule has 0 saturated carbocycles. The number of benzene rings is 2. The predicted octanol–water partition coefficient (Wildman–Crippen LogP) is 7.19. The van der Waals surface area contributed by atoms with E-state index in [1.165, 1.54) is 17.0 Å². The van der Waals surface area contributed by atoms with Gasteiger partial charge in [-0.3, -0.25) is 4.98 Å². The van der Waals surface area contributed by atoms with Crippen molar-refractivity contribution in [2.45, 2.75) is 25.9 Å². The third-order valence-corrected chi connectivity index (χ3v) is 7.60. The molecule has 0 bridgehead atoms. The van der Waals surface area contributed by atoms with Gasteiger partial charge < -0.3 is 14.8 Å². The van der Waals surface area contributed by atoms with Gasteiger partial charge in [0.1, 0.15) is 0 Å². The number of thiocarbonyl (C=S) groups is 1. The molecule has 33 heavy (non-hydrogen) atoms. The molecule has 2 aromatic heterocycles. The predicted molar refractivity (Wildman–Crippen MR) is 145 cm³/mol. The summed E-state index contributed by atoms with van der Waals surface area (Å²) in [7, 11) is 0. The van der Waals surface area contributed by atoms with Gasteiger partial charge >= 0.3 is 0 Å². The summed E-state index contributed by atoms with van der Waals surface area (Å²) >= 11 is 13.1. The molecule has 4 nitrogen and oxygen atoms in total. The number of pyridine rings is 1. The van der Waals surface area contributed by atoms with E-state index in [2.05, 4.69) is 108 Å². The molecule has 1 N–H and O–H groups in total. The van der Waals surface area contributed by atoms with Crippen LogP contribution in [0, 0.1) is 13.8 Å². The molecule has 1 fully saturated rings. The molecule has 0 unspecified atom stereocenters. The quantitative estimate of drug-likeness (QED) is 0.259. The smallest absolute Gasteiger partial charge is 0.174 e. The van der Waals surface area contributed by atoms with E-state index >= 15 is 0 Å². The molecule has 7 heteroatoms. The van der Waals surface area contributed by atoms with Crippen LogP contribution in [0.1, 0.15) is 34.7 Å². The van der Waals surface area contributed by atoms with Crippen LogP contribution >= 0.6 is 44.1 Å². The van der Waals surface area contributed by atoms with Crippen molar-refractivity contribution in [3.8, 4) is 5.69 Å². The Bertz CT molecular complexity index is 1320. The fraction of sp³-hybridized carbons (Fsp3) is 0.154. The van der Waals surface area contributed by atoms with Crippen LogP contribution in [0.4, 0.5) is 5.69 Å². The van der Waals surface area contributed by atoms with Crippen LogP contribution in [0.3, 0.4) is 0 Å². The topological polar surface area (TPSA) is 33.1 Å². The minimum atomic E-state index is -0.0736. The summed E-state index contributed by atoms with van der Waals surface area (Å²) in [5.74, 6) is 0.